The van der Waals surface area contributed by atoms with Crippen molar-refractivity contribution in [3.05, 3.63) is 12.4 Å². The van der Waals surface area contributed by atoms with E-state index in [2.05, 4.69) is 15.3 Å². The third-order valence-corrected chi connectivity index (χ3v) is 4.35. The molecule has 0 aliphatic carbocycles. The molecular weight excluding hydrogens is 266 g/mol. The fourth-order valence-electron chi connectivity index (χ4n) is 1.47. The zero-order valence-corrected chi connectivity index (χ0v) is 11.8. The maximum atomic E-state index is 12.3. The topological polar surface area (TPSA) is 99.0 Å². The van der Waals surface area contributed by atoms with Crippen molar-refractivity contribution in [2.24, 2.45) is 0 Å². The zero-order valence-electron chi connectivity index (χ0n) is 11.0. The molecule has 19 heavy (non-hydrogen) atoms. The first-order chi connectivity index (χ1) is 9.06. The Labute approximate surface area is 113 Å². The number of sulfonamides is 1. The van der Waals surface area contributed by atoms with Gasteiger partial charge in [0.15, 0.2) is 0 Å². The van der Waals surface area contributed by atoms with Crippen molar-refractivity contribution >= 4 is 16.0 Å². The molecule has 1 aromatic heterocycles. The zero-order chi connectivity index (χ0) is 14.3. The molecule has 0 saturated heterocycles. The van der Waals surface area contributed by atoms with Crippen molar-refractivity contribution in [3.63, 3.8) is 0 Å². The molecule has 0 amide bonds. The Bertz CT molecular complexity index is 535. The lowest BCUT2D eigenvalue weighted by Gasteiger charge is -2.18. The van der Waals surface area contributed by atoms with Crippen molar-refractivity contribution in [1.82, 2.24) is 14.3 Å². The van der Waals surface area contributed by atoms with Gasteiger partial charge in [-0.05, 0) is 6.92 Å². The lowest BCUT2D eigenvalue weighted by Crippen LogP contribution is -2.32. The van der Waals surface area contributed by atoms with Crippen LogP contribution in [0.5, 0.6) is 0 Å². The molecule has 0 radical (unpaired) electrons. The lowest BCUT2D eigenvalue weighted by molar-refractivity contribution is 0.434. The van der Waals surface area contributed by atoms with Gasteiger partial charge >= 0.3 is 0 Å². The van der Waals surface area contributed by atoms with Crippen LogP contribution in [0.3, 0.4) is 0 Å². The van der Waals surface area contributed by atoms with E-state index in [9.17, 15) is 8.42 Å². The second-order valence-corrected chi connectivity index (χ2v) is 5.62. The Morgan fingerprint density at radius 1 is 1.37 bits per heavy atom. The summed E-state index contributed by atoms with van der Waals surface area (Å²) in [5.41, 5.74) is 0. The van der Waals surface area contributed by atoms with Crippen LogP contribution in [0.15, 0.2) is 17.3 Å². The molecule has 1 heterocycles. The molecule has 0 atom stereocenters. The molecule has 8 heteroatoms. The van der Waals surface area contributed by atoms with Crippen molar-refractivity contribution < 1.29 is 8.42 Å². The van der Waals surface area contributed by atoms with Crippen LogP contribution in [0.25, 0.3) is 0 Å². The number of nitriles is 1. The molecule has 0 aliphatic rings. The van der Waals surface area contributed by atoms with E-state index in [1.807, 2.05) is 13.0 Å². The maximum Gasteiger partial charge on any atom is 0.246 e. The molecule has 0 fully saturated rings. The van der Waals surface area contributed by atoms with Crippen LogP contribution in [0.2, 0.25) is 0 Å². The number of rotatable bonds is 7. The lowest BCUT2D eigenvalue weighted by atomic mass is 10.5. The molecular formula is C11H17N5O2S. The SMILES string of the molecule is CCNc1ncc(S(=O)(=O)N(CC)CCC#N)cn1. The van der Waals surface area contributed by atoms with E-state index >= 15 is 0 Å². The summed E-state index contributed by atoms with van der Waals surface area (Å²) in [4.78, 5) is 7.91. The summed E-state index contributed by atoms with van der Waals surface area (Å²) in [6.45, 7) is 4.76. The van der Waals surface area contributed by atoms with E-state index in [0.717, 1.165) is 0 Å². The van der Waals surface area contributed by atoms with Crippen molar-refractivity contribution in [2.45, 2.75) is 25.2 Å². The van der Waals surface area contributed by atoms with Gasteiger partial charge in [0.2, 0.25) is 16.0 Å². The van der Waals surface area contributed by atoms with Crippen molar-refractivity contribution in [1.29, 1.82) is 5.26 Å². The summed E-state index contributed by atoms with van der Waals surface area (Å²) in [5, 5.41) is 11.4. The highest BCUT2D eigenvalue weighted by atomic mass is 32.2. The average Bonchev–Trinajstić information content (AvgIpc) is 2.40. The minimum atomic E-state index is -3.63. The number of anilines is 1. The summed E-state index contributed by atoms with van der Waals surface area (Å²) >= 11 is 0. The predicted molar refractivity (Wildman–Crippen MR) is 70.9 cm³/mol. The minimum Gasteiger partial charge on any atom is -0.355 e. The van der Waals surface area contributed by atoms with Gasteiger partial charge in [-0.1, -0.05) is 6.92 Å². The van der Waals surface area contributed by atoms with E-state index < -0.39 is 10.0 Å². The molecule has 104 valence electrons. The van der Waals surface area contributed by atoms with Gasteiger partial charge in [-0.2, -0.15) is 9.57 Å². The molecule has 0 saturated carbocycles. The second-order valence-electron chi connectivity index (χ2n) is 3.68. The summed E-state index contributed by atoms with van der Waals surface area (Å²) in [6, 6.07) is 1.93. The second kappa shape index (κ2) is 7.01. The third-order valence-electron chi connectivity index (χ3n) is 2.43. The molecule has 1 rings (SSSR count). The number of nitrogens with one attached hydrogen (secondary N) is 1. The predicted octanol–water partition coefficient (Wildman–Crippen LogP) is 0.833. The first kappa shape index (κ1) is 15.3. The van der Waals surface area contributed by atoms with Gasteiger partial charge in [-0.15, -0.1) is 0 Å². The van der Waals surface area contributed by atoms with E-state index in [-0.39, 0.29) is 17.9 Å². The van der Waals surface area contributed by atoms with Crippen LogP contribution in [-0.2, 0) is 10.0 Å². The van der Waals surface area contributed by atoms with Gasteiger partial charge in [-0.25, -0.2) is 18.4 Å². The Balaban J connectivity index is 2.95. The normalized spacial score (nSPS) is 11.3. The Morgan fingerprint density at radius 2 is 2.00 bits per heavy atom. The first-order valence-corrected chi connectivity index (χ1v) is 7.43. The summed E-state index contributed by atoms with van der Waals surface area (Å²) in [7, 11) is -3.63. The van der Waals surface area contributed by atoms with Gasteiger partial charge < -0.3 is 5.32 Å². The van der Waals surface area contributed by atoms with Gasteiger partial charge in [0.1, 0.15) is 4.90 Å². The number of hydrogen-bond acceptors (Lipinski definition) is 6. The highest BCUT2D eigenvalue weighted by Crippen LogP contribution is 2.14. The fourth-order valence-corrected chi connectivity index (χ4v) is 2.81. The molecule has 0 aliphatic heterocycles. The molecule has 0 spiro atoms. The molecule has 7 nitrogen and oxygen atoms in total. The molecule has 0 aromatic carbocycles. The number of aromatic nitrogens is 2. The highest BCUT2D eigenvalue weighted by molar-refractivity contribution is 7.89. The Hall–Kier alpha value is -1.72. The largest absolute Gasteiger partial charge is 0.355 e. The quantitative estimate of drug-likeness (QED) is 0.795. The molecule has 0 bridgehead atoms. The molecule has 1 N–H and O–H groups in total. The van der Waals surface area contributed by atoms with Crippen LogP contribution < -0.4 is 5.32 Å². The van der Waals surface area contributed by atoms with Crippen LogP contribution >= 0.6 is 0 Å². The van der Waals surface area contributed by atoms with Crippen LogP contribution in [0.1, 0.15) is 20.3 Å². The minimum absolute atomic E-state index is 0.0361. The summed E-state index contributed by atoms with van der Waals surface area (Å²) in [5.74, 6) is 0.390. The highest BCUT2D eigenvalue weighted by Gasteiger charge is 2.23. The smallest absolute Gasteiger partial charge is 0.246 e. The Morgan fingerprint density at radius 3 is 2.47 bits per heavy atom. The maximum absolute atomic E-state index is 12.3. The summed E-state index contributed by atoms with van der Waals surface area (Å²) in [6.07, 6.45) is 2.70. The van der Waals surface area contributed by atoms with Crippen LogP contribution in [0.4, 0.5) is 5.95 Å². The van der Waals surface area contributed by atoms with E-state index in [1.165, 1.54) is 16.7 Å². The van der Waals surface area contributed by atoms with E-state index in [1.54, 1.807) is 6.92 Å². The standard InChI is InChI=1S/C11H17N5O2S/c1-3-13-11-14-8-10(9-15-11)19(17,18)16(4-2)7-5-6-12/h8-9H,3-5,7H2,1-2H3,(H,13,14,15). The van der Waals surface area contributed by atoms with Crippen molar-refractivity contribution in [3.8, 4) is 6.07 Å². The fraction of sp³-hybridized carbons (Fsp3) is 0.545. The molecule has 1 aromatic rings. The average molecular weight is 283 g/mol. The van der Waals surface area contributed by atoms with Crippen LogP contribution in [-0.4, -0.2) is 42.3 Å². The third kappa shape index (κ3) is 3.87. The number of hydrogen-bond donors (Lipinski definition) is 1. The monoisotopic (exact) mass is 283 g/mol. The van der Waals surface area contributed by atoms with Gasteiger partial charge in [0.25, 0.3) is 0 Å². The van der Waals surface area contributed by atoms with Crippen LogP contribution in [0, 0.1) is 11.3 Å². The van der Waals surface area contributed by atoms with Crippen molar-refractivity contribution in [2.75, 3.05) is 25.0 Å². The Kier molecular flexibility index (Phi) is 5.66. The van der Waals surface area contributed by atoms with Gasteiger partial charge in [-0.3, -0.25) is 0 Å². The first-order valence-electron chi connectivity index (χ1n) is 5.99. The van der Waals surface area contributed by atoms with Gasteiger partial charge in [0.05, 0.1) is 18.5 Å². The van der Waals surface area contributed by atoms with Gasteiger partial charge in [0, 0.05) is 26.1 Å². The van der Waals surface area contributed by atoms with E-state index in [0.29, 0.717) is 19.0 Å². The number of nitrogens with zero attached hydrogens (tertiary/aromatic N) is 4. The molecule has 0 unspecified atom stereocenters. The van der Waals surface area contributed by atoms with E-state index in [4.69, 9.17) is 5.26 Å². The summed E-state index contributed by atoms with van der Waals surface area (Å²) < 4.78 is 25.7.